The first-order valence-electron chi connectivity index (χ1n) is 6.41. The fourth-order valence-corrected chi connectivity index (χ4v) is 1.48. The van der Waals surface area contributed by atoms with Gasteiger partial charge in [-0.05, 0) is 30.7 Å². The Balaban J connectivity index is 2.51. The van der Waals surface area contributed by atoms with Crippen LogP contribution in [0.25, 0.3) is 0 Å². The second-order valence-electron chi connectivity index (χ2n) is 4.09. The summed E-state index contributed by atoms with van der Waals surface area (Å²) in [5.74, 6) is -2.01. The number of benzene rings is 1. The molecular weight excluding hydrogens is 292 g/mol. The number of carboxylic acid groups (broad SMARTS) is 1. The minimum absolute atomic E-state index is 0.0373. The summed E-state index contributed by atoms with van der Waals surface area (Å²) < 4.78 is 14.6. The SMILES string of the molecule is CC/C(=C/C(=O)O)C(=O)OCC(=O)Oc1ccc(OC)cc1. The quantitative estimate of drug-likeness (QED) is 0.463. The highest BCUT2D eigenvalue weighted by atomic mass is 16.6. The number of hydrogen-bond acceptors (Lipinski definition) is 6. The van der Waals surface area contributed by atoms with Crippen molar-refractivity contribution in [1.82, 2.24) is 0 Å². The van der Waals surface area contributed by atoms with Gasteiger partial charge in [-0.3, -0.25) is 0 Å². The zero-order valence-electron chi connectivity index (χ0n) is 12.2. The van der Waals surface area contributed by atoms with Crippen LogP contribution in [0.5, 0.6) is 11.5 Å². The summed E-state index contributed by atoms with van der Waals surface area (Å²) in [7, 11) is 1.51. The second-order valence-corrected chi connectivity index (χ2v) is 4.09. The third-order valence-corrected chi connectivity index (χ3v) is 2.55. The van der Waals surface area contributed by atoms with Crippen molar-refractivity contribution in [2.45, 2.75) is 13.3 Å². The standard InChI is InChI=1S/C15H16O7/c1-3-10(8-13(16)17)15(19)21-9-14(18)22-12-6-4-11(20-2)5-7-12/h4-8H,3,9H2,1-2H3,(H,16,17)/b10-8-. The van der Waals surface area contributed by atoms with Crippen molar-refractivity contribution in [2.24, 2.45) is 0 Å². The van der Waals surface area contributed by atoms with E-state index in [1.54, 1.807) is 19.1 Å². The van der Waals surface area contributed by atoms with E-state index in [-0.39, 0.29) is 17.7 Å². The maximum atomic E-state index is 11.6. The van der Waals surface area contributed by atoms with Crippen molar-refractivity contribution >= 4 is 17.9 Å². The van der Waals surface area contributed by atoms with Gasteiger partial charge in [-0.15, -0.1) is 0 Å². The number of esters is 2. The molecule has 0 aliphatic rings. The number of carboxylic acids is 1. The van der Waals surface area contributed by atoms with Crippen molar-refractivity contribution in [1.29, 1.82) is 0 Å². The molecule has 1 aromatic rings. The molecule has 0 radical (unpaired) electrons. The van der Waals surface area contributed by atoms with E-state index in [4.69, 9.17) is 19.3 Å². The molecule has 0 aromatic heterocycles. The summed E-state index contributed by atoms with van der Waals surface area (Å²) in [6, 6.07) is 6.28. The molecule has 1 N–H and O–H groups in total. The van der Waals surface area contributed by atoms with Gasteiger partial charge in [0.15, 0.2) is 6.61 Å². The first kappa shape index (κ1) is 17.2. The number of ether oxygens (including phenoxy) is 3. The Morgan fingerprint density at radius 2 is 1.73 bits per heavy atom. The highest BCUT2D eigenvalue weighted by Crippen LogP contribution is 2.17. The molecular formula is C15H16O7. The molecule has 1 rings (SSSR count). The van der Waals surface area contributed by atoms with Gasteiger partial charge >= 0.3 is 17.9 Å². The first-order chi connectivity index (χ1) is 10.5. The molecule has 0 atom stereocenters. The predicted octanol–water partition coefficient (Wildman–Crippen LogP) is 1.56. The third kappa shape index (κ3) is 5.66. The van der Waals surface area contributed by atoms with E-state index in [1.165, 1.54) is 19.2 Å². The fourth-order valence-electron chi connectivity index (χ4n) is 1.48. The molecule has 0 spiro atoms. The van der Waals surface area contributed by atoms with Gasteiger partial charge in [-0.1, -0.05) is 6.92 Å². The molecule has 0 amide bonds. The lowest BCUT2D eigenvalue weighted by Gasteiger charge is -2.07. The second kappa shape index (κ2) is 8.46. The topological polar surface area (TPSA) is 99.1 Å². The van der Waals surface area contributed by atoms with E-state index < -0.39 is 24.5 Å². The van der Waals surface area contributed by atoms with Crippen LogP contribution in [-0.4, -0.2) is 36.7 Å². The molecule has 0 heterocycles. The van der Waals surface area contributed by atoms with Gasteiger partial charge in [0.25, 0.3) is 0 Å². The molecule has 118 valence electrons. The minimum atomic E-state index is -1.25. The Morgan fingerprint density at radius 3 is 2.23 bits per heavy atom. The summed E-state index contributed by atoms with van der Waals surface area (Å²) in [4.78, 5) is 33.6. The van der Waals surface area contributed by atoms with Crippen LogP contribution >= 0.6 is 0 Å². The molecule has 0 bridgehead atoms. The molecule has 7 nitrogen and oxygen atoms in total. The van der Waals surface area contributed by atoms with Gasteiger partial charge in [-0.25, -0.2) is 14.4 Å². The van der Waals surface area contributed by atoms with Crippen LogP contribution in [0, 0.1) is 0 Å². The number of methoxy groups -OCH3 is 1. The normalized spacial score (nSPS) is 10.7. The van der Waals surface area contributed by atoms with Crippen molar-refractivity contribution in [2.75, 3.05) is 13.7 Å². The number of carbonyl (C=O) groups is 3. The van der Waals surface area contributed by atoms with Crippen LogP contribution in [0.2, 0.25) is 0 Å². The van der Waals surface area contributed by atoms with Gasteiger partial charge in [0.1, 0.15) is 11.5 Å². The van der Waals surface area contributed by atoms with Crippen LogP contribution in [-0.2, 0) is 19.1 Å². The van der Waals surface area contributed by atoms with E-state index in [1.807, 2.05) is 0 Å². The summed E-state index contributed by atoms with van der Waals surface area (Å²) in [5, 5.41) is 8.59. The van der Waals surface area contributed by atoms with E-state index in [2.05, 4.69) is 0 Å². The van der Waals surface area contributed by atoms with Gasteiger partial charge in [0.05, 0.1) is 7.11 Å². The minimum Gasteiger partial charge on any atom is -0.497 e. The summed E-state index contributed by atoms with van der Waals surface area (Å²) in [6.07, 6.45) is 0.926. The molecule has 1 aromatic carbocycles. The molecule has 7 heteroatoms. The number of hydrogen-bond donors (Lipinski definition) is 1. The molecule has 0 unspecified atom stereocenters. The van der Waals surface area contributed by atoms with E-state index in [0.29, 0.717) is 5.75 Å². The van der Waals surface area contributed by atoms with Crippen LogP contribution in [0.1, 0.15) is 13.3 Å². The number of carbonyl (C=O) groups excluding carboxylic acids is 2. The first-order valence-corrected chi connectivity index (χ1v) is 6.41. The maximum absolute atomic E-state index is 11.6. The zero-order valence-corrected chi connectivity index (χ0v) is 12.2. The van der Waals surface area contributed by atoms with Gasteiger partial charge in [0, 0.05) is 11.6 Å². The summed E-state index contributed by atoms with van der Waals surface area (Å²) >= 11 is 0. The molecule has 0 aliphatic heterocycles. The summed E-state index contributed by atoms with van der Waals surface area (Å²) in [5.41, 5.74) is -0.0373. The Morgan fingerprint density at radius 1 is 1.14 bits per heavy atom. The van der Waals surface area contributed by atoms with Crippen molar-refractivity contribution in [3.8, 4) is 11.5 Å². The Hall–Kier alpha value is -2.83. The molecule has 0 aliphatic carbocycles. The smallest absolute Gasteiger partial charge is 0.349 e. The third-order valence-electron chi connectivity index (χ3n) is 2.55. The lowest BCUT2D eigenvalue weighted by atomic mass is 10.2. The average Bonchev–Trinajstić information content (AvgIpc) is 2.50. The predicted molar refractivity (Wildman–Crippen MR) is 75.6 cm³/mol. The Kier molecular flexibility index (Phi) is 6.62. The Bertz CT molecular complexity index is 572. The zero-order chi connectivity index (χ0) is 16.5. The molecule has 0 saturated carbocycles. The Labute approximate surface area is 127 Å². The van der Waals surface area contributed by atoms with Gasteiger partial charge in [0.2, 0.25) is 0 Å². The van der Waals surface area contributed by atoms with Crippen molar-refractivity contribution in [3.63, 3.8) is 0 Å². The van der Waals surface area contributed by atoms with Crippen molar-refractivity contribution < 1.29 is 33.7 Å². The maximum Gasteiger partial charge on any atom is 0.349 e. The lowest BCUT2D eigenvalue weighted by Crippen LogP contribution is -2.20. The van der Waals surface area contributed by atoms with E-state index in [0.717, 1.165) is 6.08 Å². The van der Waals surface area contributed by atoms with Crippen LogP contribution in [0.3, 0.4) is 0 Å². The molecule has 0 fully saturated rings. The largest absolute Gasteiger partial charge is 0.497 e. The van der Waals surface area contributed by atoms with Crippen LogP contribution in [0.15, 0.2) is 35.9 Å². The van der Waals surface area contributed by atoms with E-state index in [9.17, 15) is 14.4 Å². The van der Waals surface area contributed by atoms with Gasteiger partial charge in [-0.2, -0.15) is 0 Å². The average molecular weight is 308 g/mol. The number of aliphatic carboxylic acids is 1. The summed E-state index contributed by atoms with van der Waals surface area (Å²) in [6.45, 7) is 0.994. The van der Waals surface area contributed by atoms with Crippen LogP contribution in [0.4, 0.5) is 0 Å². The van der Waals surface area contributed by atoms with Crippen LogP contribution < -0.4 is 9.47 Å². The number of rotatable bonds is 7. The molecule has 22 heavy (non-hydrogen) atoms. The highest BCUT2D eigenvalue weighted by molar-refractivity contribution is 5.96. The molecule has 0 saturated heterocycles. The lowest BCUT2D eigenvalue weighted by molar-refractivity contribution is -0.151. The van der Waals surface area contributed by atoms with Crippen molar-refractivity contribution in [3.05, 3.63) is 35.9 Å². The fraction of sp³-hybridized carbons (Fsp3) is 0.267. The van der Waals surface area contributed by atoms with Gasteiger partial charge < -0.3 is 19.3 Å². The van der Waals surface area contributed by atoms with E-state index >= 15 is 0 Å². The highest BCUT2D eigenvalue weighted by Gasteiger charge is 2.14. The monoisotopic (exact) mass is 308 g/mol.